The highest BCUT2D eigenvalue weighted by atomic mass is 16.2. The summed E-state index contributed by atoms with van der Waals surface area (Å²) in [4.78, 5) is 27.9. The van der Waals surface area contributed by atoms with Crippen LogP contribution in [0, 0.1) is 13.8 Å². The molecule has 0 aliphatic carbocycles. The lowest BCUT2D eigenvalue weighted by atomic mass is 9.86. The summed E-state index contributed by atoms with van der Waals surface area (Å²) in [5.41, 5.74) is 4.86. The molecule has 0 saturated carbocycles. The standard InChI is InChI=1S/C22H33N5O/c1-5-27-11-10-22(9-8-20(27)28)15-26(13-12-25(22)4)14-19-23-18-7-6-16(2)17(3)21(18)24-19/h6-7H,5,8-15H2,1-4H3,(H,23,24)/t22-/m1/s1. The van der Waals surface area contributed by atoms with Crippen molar-refractivity contribution >= 4 is 16.9 Å². The summed E-state index contributed by atoms with van der Waals surface area (Å²) in [5, 5.41) is 0. The molecule has 2 saturated heterocycles. The van der Waals surface area contributed by atoms with Crippen molar-refractivity contribution in [1.82, 2.24) is 24.7 Å². The van der Waals surface area contributed by atoms with Crippen LogP contribution in [0.5, 0.6) is 0 Å². The molecule has 1 aromatic carbocycles. The Morgan fingerprint density at radius 1 is 1.18 bits per heavy atom. The van der Waals surface area contributed by atoms with Gasteiger partial charge in [-0.25, -0.2) is 4.98 Å². The van der Waals surface area contributed by atoms with Crippen LogP contribution in [-0.2, 0) is 11.3 Å². The van der Waals surface area contributed by atoms with Gasteiger partial charge < -0.3 is 9.88 Å². The molecule has 0 unspecified atom stereocenters. The smallest absolute Gasteiger partial charge is 0.222 e. The number of likely N-dealkylation sites (N-methyl/N-ethyl adjacent to an activating group) is 1. The second kappa shape index (κ2) is 7.48. The van der Waals surface area contributed by atoms with E-state index in [4.69, 9.17) is 4.98 Å². The van der Waals surface area contributed by atoms with Crippen LogP contribution in [0.1, 0.15) is 43.1 Å². The van der Waals surface area contributed by atoms with Gasteiger partial charge in [0.25, 0.3) is 0 Å². The molecule has 4 rings (SSSR count). The Bertz CT molecular complexity index is 875. The lowest BCUT2D eigenvalue weighted by Gasteiger charge is -2.49. The van der Waals surface area contributed by atoms with E-state index in [0.717, 1.165) is 69.0 Å². The summed E-state index contributed by atoms with van der Waals surface area (Å²) in [7, 11) is 2.23. The average Bonchev–Trinajstić information content (AvgIpc) is 3.02. The highest BCUT2D eigenvalue weighted by Gasteiger charge is 2.42. The molecule has 1 aromatic heterocycles. The molecule has 152 valence electrons. The molecule has 0 bridgehead atoms. The van der Waals surface area contributed by atoms with Crippen molar-refractivity contribution in [2.75, 3.05) is 39.8 Å². The molecule has 0 radical (unpaired) electrons. The highest BCUT2D eigenvalue weighted by Crippen LogP contribution is 2.32. The molecular formula is C22H33N5O. The maximum Gasteiger partial charge on any atom is 0.222 e. The third-order valence-electron chi connectivity index (χ3n) is 7.07. The van der Waals surface area contributed by atoms with Gasteiger partial charge in [0, 0.05) is 44.7 Å². The van der Waals surface area contributed by atoms with E-state index in [2.05, 4.69) is 54.7 Å². The Kier molecular flexibility index (Phi) is 5.19. The van der Waals surface area contributed by atoms with Crippen LogP contribution >= 0.6 is 0 Å². The lowest BCUT2D eigenvalue weighted by Crippen LogP contribution is -2.60. The van der Waals surface area contributed by atoms with Gasteiger partial charge in [-0.1, -0.05) is 6.07 Å². The van der Waals surface area contributed by atoms with Crippen molar-refractivity contribution in [3.63, 3.8) is 0 Å². The van der Waals surface area contributed by atoms with Crippen molar-refractivity contribution in [3.05, 3.63) is 29.1 Å². The van der Waals surface area contributed by atoms with Crippen LogP contribution < -0.4 is 0 Å². The predicted octanol–water partition coefficient (Wildman–Crippen LogP) is 2.70. The Balaban J connectivity index is 1.52. The molecular weight excluding hydrogens is 350 g/mol. The molecule has 2 aliphatic rings. The Hall–Kier alpha value is -1.92. The van der Waals surface area contributed by atoms with Crippen molar-refractivity contribution in [3.8, 4) is 0 Å². The average molecular weight is 384 g/mol. The zero-order valence-corrected chi connectivity index (χ0v) is 17.7. The van der Waals surface area contributed by atoms with Crippen LogP contribution in [0.2, 0.25) is 0 Å². The minimum Gasteiger partial charge on any atom is -0.343 e. The fraction of sp³-hybridized carbons (Fsp3) is 0.636. The molecule has 2 fully saturated rings. The van der Waals surface area contributed by atoms with Gasteiger partial charge in [0.05, 0.1) is 17.6 Å². The second-order valence-corrected chi connectivity index (χ2v) is 8.67. The third-order valence-corrected chi connectivity index (χ3v) is 7.07. The lowest BCUT2D eigenvalue weighted by molar-refractivity contribution is -0.130. The molecule has 2 aliphatic heterocycles. The Morgan fingerprint density at radius 3 is 2.79 bits per heavy atom. The number of nitrogens with zero attached hydrogens (tertiary/aromatic N) is 4. The van der Waals surface area contributed by atoms with E-state index in [9.17, 15) is 4.79 Å². The maximum absolute atomic E-state index is 12.4. The first-order valence-corrected chi connectivity index (χ1v) is 10.6. The maximum atomic E-state index is 12.4. The molecule has 1 N–H and O–H groups in total. The number of benzene rings is 1. The number of rotatable bonds is 3. The number of likely N-dealkylation sites (tertiary alicyclic amines) is 1. The van der Waals surface area contributed by atoms with E-state index in [-0.39, 0.29) is 5.54 Å². The van der Waals surface area contributed by atoms with E-state index in [1.54, 1.807) is 0 Å². The van der Waals surface area contributed by atoms with Gasteiger partial charge in [-0.15, -0.1) is 0 Å². The number of carbonyl (C=O) groups excluding carboxylic acids is 1. The number of aromatic nitrogens is 2. The molecule has 6 nitrogen and oxygen atoms in total. The van der Waals surface area contributed by atoms with Crippen LogP contribution in [-0.4, -0.2) is 75.9 Å². The number of carbonyl (C=O) groups is 1. The number of aromatic amines is 1. The Labute approximate surface area is 167 Å². The van der Waals surface area contributed by atoms with Gasteiger partial charge in [0.15, 0.2) is 0 Å². The minimum atomic E-state index is 0.0936. The topological polar surface area (TPSA) is 55.5 Å². The number of hydrogen-bond acceptors (Lipinski definition) is 4. The number of fused-ring (bicyclic) bond motifs is 1. The zero-order chi connectivity index (χ0) is 19.9. The first-order valence-electron chi connectivity index (χ1n) is 10.6. The molecule has 1 spiro atoms. The molecule has 1 amide bonds. The van der Waals surface area contributed by atoms with Gasteiger partial charge in [0.2, 0.25) is 5.91 Å². The predicted molar refractivity (Wildman–Crippen MR) is 112 cm³/mol. The summed E-state index contributed by atoms with van der Waals surface area (Å²) in [6, 6.07) is 4.29. The fourth-order valence-corrected chi connectivity index (χ4v) is 4.90. The Morgan fingerprint density at radius 2 is 2.00 bits per heavy atom. The summed E-state index contributed by atoms with van der Waals surface area (Å²) in [6.45, 7) is 12.0. The number of hydrogen-bond donors (Lipinski definition) is 1. The third kappa shape index (κ3) is 3.44. The molecule has 3 heterocycles. The summed E-state index contributed by atoms with van der Waals surface area (Å²) < 4.78 is 0. The van der Waals surface area contributed by atoms with Crippen LogP contribution in [0.3, 0.4) is 0 Å². The van der Waals surface area contributed by atoms with Crippen LogP contribution in [0.15, 0.2) is 12.1 Å². The minimum absolute atomic E-state index is 0.0936. The van der Waals surface area contributed by atoms with Crippen LogP contribution in [0.4, 0.5) is 0 Å². The van der Waals surface area contributed by atoms with Crippen molar-refractivity contribution in [2.45, 2.75) is 52.1 Å². The molecule has 2 aromatic rings. The number of H-pyrrole nitrogens is 1. The first-order chi connectivity index (χ1) is 13.4. The second-order valence-electron chi connectivity index (χ2n) is 8.67. The largest absolute Gasteiger partial charge is 0.343 e. The summed E-state index contributed by atoms with van der Waals surface area (Å²) in [6.07, 6.45) is 2.67. The molecule has 1 atom stereocenters. The van der Waals surface area contributed by atoms with Crippen molar-refractivity contribution in [2.24, 2.45) is 0 Å². The fourth-order valence-electron chi connectivity index (χ4n) is 4.90. The number of nitrogens with one attached hydrogen (secondary N) is 1. The van der Waals surface area contributed by atoms with Crippen molar-refractivity contribution in [1.29, 1.82) is 0 Å². The molecule has 28 heavy (non-hydrogen) atoms. The number of imidazole rings is 1. The van der Waals surface area contributed by atoms with E-state index in [1.807, 2.05) is 4.90 Å². The first kappa shape index (κ1) is 19.4. The van der Waals surface area contributed by atoms with Gasteiger partial charge in [0.1, 0.15) is 5.82 Å². The van der Waals surface area contributed by atoms with E-state index < -0.39 is 0 Å². The van der Waals surface area contributed by atoms with Gasteiger partial charge in [-0.05, 0) is 57.9 Å². The SMILES string of the molecule is CCN1CC[C@]2(CCC1=O)CN(Cc1nc3c(C)c(C)ccc3[nH]1)CCN2C. The van der Waals surface area contributed by atoms with E-state index >= 15 is 0 Å². The monoisotopic (exact) mass is 383 g/mol. The highest BCUT2D eigenvalue weighted by molar-refractivity contribution is 5.79. The van der Waals surface area contributed by atoms with Crippen molar-refractivity contribution < 1.29 is 4.79 Å². The normalized spacial score (nSPS) is 25.0. The molecule has 6 heteroatoms. The van der Waals surface area contributed by atoms with Gasteiger partial charge in [-0.3, -0.25) is 14.6 Å². The van der Waals surface area contributed by atoms with Gasteiger partial charge >= 0.3 is 0 Å². The van der Waals surface area contributed by atoms with Crippen LogP contribution in [0.25, 0.3) is 11.0 Å². The summed E-state index contributed by atoms with van der Waals surface area (Å²) >= 11 is 0. The zero-order valence-electron chi connectivity index (χ0n) is 17.7. The summed E-state index contributed by atoms with van der Waals surface area (Å²) in [5.74, 6) is 1.36. The number of amides is 1. The van der Waals surface area contributed by atoms with E-state index in [1.165, 1.54) is 11.1 Å². The van der Waals surface area contributed by atoms with E-state index in [0.29, 0.717) is 12.3 Å². The quantitative estimate of drug-likeness (QED) is 0.885. The number of aryl methyl sites for hydroxylation is 2. The van der Waals surface area contributed by atoms with Gasteiger partial charge in [-0.2, -0.15) is 0 Å². The number of piperazine rings is 1.